The van der Waals surface area contributed by atoms with Crippen molar-refractivity contribution in [1.29, 1.82) is 0 Å². The number of halogens is 3. The van der Waals surface area contributed by atoms with E-state index < -0.39 is 12.5 Å². The van der Waals surface area contributed by atoms with Crippen LogP contribution in [-0.4, -0.2) is 25.5 Å². The van der Waals surface area contributed by atoms with Gasteiger partial charge in [0, 0.05) is 18.0 Å². The molecule has 6 nitrogen and oxygen atoms in total. The van der Waals surface area contributed by atoms with Crippen molar-refractivity contribution < 1.29 is 27.8 Å². The van der Waals surface area contributed by atoms with E-state index in [2.05, 4.69) is 15.4 Å². The molecule has 0 aliphatic heterocycles. The Morgan fingerprint density at radius 1 is 1.07 bits per heavy atom. The summed E-state index contributed by atoms with van der Waals surface area (Å²) in [6.07, 6.45) is 2.70. The maximum absolute atomic E-state index is 12.4. The summed E-state index contributed by atoms with van der Waals surface area (Å²) in [4.78, 5) is 23.5. The highest BCUT2D eigenvalue weighted by atomic mass is 35.5. The maximum atomic E-state index is 12.4. The monoisotopic (exact) mass is 410 g/mol. The lowest BCUT2D eigenvalue weighted by Crippen LogP contribution is -2.13. The largest absolute Gasteiger partial charge is 0.493 e. The van der Waals surface area contributed by atoms with Crippen LogP contribution in [0.5, 0.6) is 11.5 Å². The fourth-order valence-corrected chi connectivity index (χ4v) is 2.42. The summed E-state index contributed by atoms with van der Waals surface area (Å²) in [5, 5.41) is 5.58. The Balaban J connectivity index is 2.14. The minimum atomic E-state index is -2.98. The number of hydrogen-bond acceptors (Lipinski definition) is 4. The second-order valence-electron chi connectivity index (χ2n) is 5.48. The number of amides is 2. The Kier molecular flexibility index (Phi) is 7.34. The van der Waals surface area contributed by atoms with Gasteiger partial charge in [0.2, 0.25) is 11.8 Å². The highest BCUT2D eigenvalue weighted by Crippen LogP contribution is 2.30. The van der Waals surface area contributed by atoms with E-state index in [0.29, 0.717) is 22.0 Å². The van der Waals surface area contributed by atoms with E-state index >= 15 is 0 Å². The zero-order valence-corrected chi connectivity index (χ0v) is 15.7. The Morgan fingerprint density at radius 2 is 1.82 bits per heavy atom. The van der Waals surface area contributed by atoms with Gasteiger partial charge < -0.3 is 20.1 Å². The zero-order valence-electron chi connectivity index (χ0n) is 15.0. The third-order valence-electron chi connectivity index (χ3n) is 3.38. The van der Waals surface area contributed by atoms with Gasteiger partial charge in [-0.25, -0.2) is 0 Å². The number of benzene rings is 2. The van der Waals surface area contributed by atoms with Crippen LogP contribution in [0.3, 0.4) is 0 Å². The van der Waals surface area contributed by atoms with Crippen molar-refractivity contribution in [2.45, 2.75) is 13.5 Å². The highest BCUT2D eigenvalue weighted by Gasteiger charge is 2.11. The Labute approximate surface area is 165 Å². The first-order chi connectivity index (χ1) is 13.3. The maximum Gasteiger partial charge on any atom is 0.387 e. The normalized spacial score (nSPS) is 10.8. The molecule has 0 spiro atoms. The van der Waals surface area contributed by atoms with Crippen LogP contribution >= 0.6 is 11.6 Å². The Hall–Kier alpha value is -3.13. The number of ether oxygens (including phenoxy) is 2. The number of rotatable bonds is 7. The summed E-state index contributed by atoms with van der Waals surface area (Å²) >= 11 is 5.93. The minimum absolute atomic E-state index is 0.102. The molecule has 2 N–H and O–H groups in total. The first kappa shape index (κ1) is 21.2. The summed E-state index contributed by atoms with van der Waals surface area (Å²) in [6.45, 7) is -1.63. The number of carbonyl (C=O) groups is 2. The van der Waals surface area contributed by atoms with Gasteiger partial charge in [-0.2, -0.15) is 8.78 Å². The summed E-state index contributed by atoms with van der Waals surface area (Å²) < 4.78 is 34.1. The zero-order chi connectivity index (χ0) is 20.7. The van der Waals surface area contributed by atoms with Gasteiger partial charge in [0.05, 0.1) is 18.5 Å². The SMILES string of the molecule is COc1cc(C=CC(=O)Nc2cc(Cl)ccc2NC(C)=O)ccc1OC(F)F. The number of alkyl halides is 2. The molecule has 0 aromatic heterocycles. The second-order valence-corrected chi connectivity index (χ2v) is 5.92. The molecule has 0 aliphatic rings. The van der Waals surface area contributed by atoms with E-state index in [1.165, 1.54) is 50.5 Å². The highest BCUT2D eigenvalue weighted by molar-refractivity contribution is 6.31. The standard InChI is InChI=1S/C19H17ClF2N2O4/c1-11(25)23-14-6-5-13(20)10-15(14)24-18(26)8-4-12-3-7-16(28-19(21)22)17(9-12)27-2/h3-10,19H,1-2H3,(H,23,25)(H,24,26). The van der Waals surface area contributed by atoms with Crippen LogP contribution in [0.15, 0.2) is 42.5 Å². The van der Waals surface area contributed by atoms with E-state index in [1.54, 1.807) is 12.1 Å². The Morgan fingerprint density at radius 3 is 2.46 bits per heavy atom. The van der Waals surface area contributed by atoms with Gasteiger partial charge in [0.15, 0.2) is 11.5 Å². The van der Waals surface area contributed by atoms with Crippen molar-refractivity contribution in [1.82, 2.24) is 0 Å². The summed E-state index contributed by atoms with van der Waals surface area (Å²) in [6, 6.07) is 8.89. The Bertz CT molecular complexity index is 903. The van der Waals surface area contributed by atoms with Crippen molar-refractivity contribution in [3.05, 3.63) is 53.1 Å². The molecule has 2 aromatic rings. The molecule has 0 saturated heterocycles. The van der Waals surface area contributed by atoms with Crippen LogP contribution < -0.4 is 20.1 Å². The molecule has 0 aliphatic carbocycles. The van der Waals surface area contributed by atoms with Crippen molar-refractivity contribution in [2.24, 2.45) is 0 Å². The molecule has 28 heavy (non-hydrogen) atoms. The molecule has 0 unspecified atom stereocenters. The third kappa shape index (κ3) is 6.24. The predicted molar refractivity (Wildman–Crippen MR) is 103 cm³/mol. The third-order valence-corrected chi connectivity index (χ3v) is 3.62. The lowest BCUT2D eigenvalue weighted by Gasteiger charge is -2.11. The van der Waals surface area contributed by atoms with E-state index in [0.717, 1.165) is 0 Å². The lowest BCUT2D eigenvalue weighted by atomic mass is 10.2. The van der Waals surface area contributed by atoms with Gasteiger partial charge >= 0.3 is 6.61 Å². The summed E-state index contributed by atoms with van der Waals surface area (Å²) in [5.41, 5.74) is 1.26. The first-order valence-corrected chi connectivity index (χ1v) is 8.35. The molecule has 0 atom stereocenters. The lowest BCUT2D eigenvalue weighted by molar-refractivity contribution is -0.114. The van der Waals surface area contributed by atoms with Gasteiger partial charge in [-0.05, 0) is 42.0 Å². The summed E-state index contributed by atoms with van der Waals surface area (Å²) in [7, 11) is 1.32. The van der Waals surface area contributed by atoms with Crippen LogP contribution in [0.25, 0.3) is 6.08 Å². The van der Waals surface area contributed by atoms with Crippen molar-refractivity contribution in [2.75, 3.05) is 17.7 Å². The van der Waals surface area contributed by atoms with Crippen molar-refractivity contribution in [3.63, 3.8) is 0 Å². The van der Waals surface area contributed by atoms with Gasteiger partial charge in [0.1, 0.15) is 0 Å². The van der Waals surface area contributed by atoms with Crippen molar-refractivity contribution in [3.8, 4) is 11.5 Å². The smallest absolute Gasteiger partial charge is 0.387 e. The minimum Gasteiger partial charge on any atom is -0.493 e. The second kappa shape index (κ2) is 9.70. The molecule has 0 radical (unpaired) electrons. The number of hydrogen-bond donors (Lipinski definition) is 2. The van der Waals surface area contributed by atoms with Gasteiger partial charge in [0.25, 0.3) is 0 Å². The van der Waals surface area contributed by atoms with Gasteiger partial charge in [-0.1, -0.05) is 17.7 Å². The van der Waals surface area contributed by atoms with Crippen LogP contribution in [0.4, 0.5) is 20.2 Å². The van der Waals surface area contributed by atoms with Gasteiger partial charge in [-0.15, -0.1) is 0 Å². The van der Waals surface area contributed by atoms with Crippen LogP contribution in [0, 0.1) is 0 Å². The van der Waals surface area contributed by atoms with Crippen LogP contribution in [0.1, 0.15) is 12.5 Å². The molecule has 0 fully saturated rings. The molecular weight excluding hydrogens is 394 g/mol. The topological polar surface area (TPSA) is 76.7 Å². The van der Waals surface area contributed by atoms with E-state index in [1.807, 2.05) is 0 Å². The molecule has 0 saturated carbocycles. The predicted octanol–water partition coefficient (Wildman–Crippen LogP) is 4.56. The molecular formula is C19H17ClF2N2O4. The number of nitrogens with one attached hydrogen (secondary N) is 2. The van der Waals surface area contributed by atoms with E-state index in [9.17, 15) is 18.4 Å². The quantitative estimate of drug-likeness (QED) is 0.656. The number of anilines is 2. The van der Waals surface area contributed by atoms with Gasteiger partial charge in [-0.3, -0.25) is 9.59 Å². The molecule has 2 rings (SSSR count). The average Bonchev–Trinajstić information content (AvgIpc) is 2.62. The molecule has 0 bridgehead atoms. The molecule has 148 valence electrons. The molecule has 2 amide bonds. The van der Waals surface area contributed by atoms with Crippen LogP contribution in [-0.2, 0) is 9.59 Å². The molecule has 9 heteroatoms. The number of methoxy groups -OCH3 is 1. The van der Waals surface area contributed by atoms with E-state index in [4.69, 9.17) is 16.3 Å². The first-order valence-electron chi connectivity index (χ1n) is 7.97. The summed E-state index contributed by atoms with van der Waals surface area (Å²) in [5.74, 6) is -0.795. The number of carbonyl (C=O) groups excluding carboxylic acids is 2. The van der Waals surface area contributed by atoms with Crippen LogP contribution in [0.2, 0.25) is 5.02 Å². The van der Waals surface area contributed by atoms with E-state index in [-0.39, 0.29) is 17.4 Å². The fourth-order valence-electron chi connectivity index (χ4n) is 2.25. The average molecular weight is 411 g/mol. The van der Waals surface area contributed by atoms with Crippen molar-refractivity contribution >= 4 is 40.9 Å². The fraction of sp³-hybridized carbons (Fsp3) is 0.158. The molecule has 0 heterocycles. The molecule has 2 aromatic carbocycles.